The highest BCUT2D eigenvalue weighted by Gasteiger charge is 2.11. The minimum Gasteiger partial charge on any atom is -0.409 e. The molecule has 0 aliphatic carbocycles. The molecular formula is C14H21N3O2. The first-order chi connectivity index (χ1) is 8.93. The van der Waals surface area contributed by atoms with Crippen molar-refractivity contribution >= 4 is 11.7 Å². The van der Waals surface area contributed by atoms with E-state index in [4.69, 9.17) is 10.9 Å². The number of benzene rings is 1. The summed E-state index contributed by atoms with van der Waals surface area (Å²) in [4.78, 5) is 12.0. The molecule has 1 unspecified atom stereocenters. The molecule has 0 saturated heterocycles. The fourth-order valence-corrected chi connectivity index (χ4v) is 1.73. The van der Waals surface area contributed by atoms with Crippen LogP contribution in [0.5, 0.6) is 0 Å². The molecule has 5 nitrogen and oxygen atoms in total. The van der Waals surface area contributed by atoms with E-state index in [2.05, 4.69) is 24.3 Å². The van der Waals surface area contributed by atoms with Crippen LogP contribution in [0.2, 0.25) is 0 Å². The SMILES string of the molecule is CC(CC(N)=NO)NC(=O)c1ccc(C(C)C)cc1. The van der Waals surface area contributed by atoms with Crippen LogP contribution in [-0.2, 0) is 0 Å². The number of oxime groups is 1. The molecular weight excluding hydrogens is 242 g/mol. The van der Waals surface area contributed by atoms with Gasteiger partial charge in [0.25, 0.3) is 5.91 Å². The first-order valence-electron chi connectivity index (χ1n) is 6.31. The minimum atomic E-state index is -0.187. The first kappa shape index (κ1) is 15.0. The maximum Gasteiger partial charge on any atom is 0.251 e. The largest absolute Gasteiger partial charge is 0.409 e. The first-order valence-corrected chi connectivity index (χ1v) is 6.31. The van der Waals surface area contributed by atoms with Gasteiger partial charge in [-0.05, 0) is 30.5 Å². The van der Waals surface area contributed by atoms with Gasteiger partial charge < -0.3 is 16.3 Å². The zero-order valence-corrected chi connectivity index (χ0v) is 11.6. The average molecular weight is 263 g/mol. The van der Waals surface area contributed by atoms with Crippen molar-refractivity contribution < 1.29 is 10.0 Å². The molecule has 0 aliphatic rings. The molecule has 0 bridgehead atoms. The number of hydrogen-bond acceptors (Lipinski definition) is 3. The van der Waals surface area contributed by atoms with Crippen molar-refractivity contribution in [3.05, 3.63) is 35.4 Å². The second-order valence-electron chi connectivity index (χ2n) is 4.95. The predicted molar refractivity (Wildman–Crippen MR) is 75.5 cm³/mol. The summed E-state index contributed by atoms with van der Waals surface area (Å²) in [7, 11) is 0. The van der Waals surface area contributed by atoms with Crippen LogP contribution in [0.3, 0.4) is 0 Å². The quantitative estimate of drug-likeness (QED) is 0.329. The molecule has 0 fully saturated rings. The highest BCUT2D eigenvalue weighted by molar-refractivity contribution is 5.94. The van der Waals surface area contributed by atoms with Gasteiger partial charge in [-0.2, -0.15) is 0 Å². The molecule has 4 N–H and O–H groups in total. The fraction of sp³-hybridized carbons (Fsp3) is 0.429. The predicted octanol–water partition coefficient (Wildman–Crippen LogP) is 2.06. The van der Waals surface area contributed by atoms with Gasteiger partial charge in [-0.15, -0.1) is 0 Å². The zero-order chi connectivity index (χ0) is 14.4. The zero-order valence-electron chi connectivity index (χ0n) is 11.6. The highest BCUT2D eigenvalue weighted by Crippen LogP contribution is 2.14. The van der Waals surface area contributed by atoms with Gasteiger partial charge in [-0.1, -0.05) is 31.1 Å². The van der Waals surface area contributed by atoms with Crippen LogP contribution in [0.25, 0.3) is 0 Å². The van der Waals surface area contributed by atoms with Crippen molar-refractivity contribution in [1.29, 1.82) is 0 Å². The normalized spacial score (nSPS) is 13.4. The van der Waals surface area contributed by atoms with Crippen molar-refractivity contribution in [2.24, 2.45) is 10.9 Å². The lowest BCUT2D eigenvalue weighted by Crippen LogP contribution is -2.35. The Morgan fingerprint density at radius 2 is 1.89 bits per heavy atom. The van der Waals surface area contributed by atoms with Crippen LogP contribution in [0.4, 0.5) is 0 Å². The molecule has 1 aromatic rings. The molecule has 0 saturated carbocycles. The van der Waals surface area contributed by atoms with Gasteiger partial charge in [0.1, 0.15) is 5.84 Å². The van der Waals surface area contributed by atoms with Crippen molar-refractivity contribution in [2.75, 3.05) is 0 Å². The number of nitrogens with zero attached hydrogens (tertiary/aromatic N) is 1. The molecule has 0 spiro atoms. The second kappa shape index (κ2) is 6.78. The summed E-state index contributed by atoms with van der Waals surface area (Å²) in [5.74, 6) is 0.383. The van der Waals surface area contributed by atoms with E-state index in [0.717, 1.165) is 0 Å². The van der Waals surface area contributed by atoms with Gasteiger partial charge in [0.05, 0.1) is 0 Å². The number of hydrogen-bond donors (Lipinski definition) is 3. The number of nitrogens with one attached hydrogen (secondary N) is 1. The van der Waals surface area contributed by atoms with Crippen LogP contribution < -0.4 is 11.1 Å². The Morgan fingerprint density at radius 1 is 1.32 bits per heavy atom. The number of carbonyl (C=O) groups excluding carboxylic acids is 1. The van der Waals surface area contributed by atoms with Crippen LogP contribution in [0.15, 0.2) is 29.4 Å². The Labute approximate surface area is 113 Å². The minimum absolute atomic E-state index is 0.1000. The van der Waals surface area contributed by atoms with Crippen LogP contribution >= 0.6 is 0 Å². The van der Waals surface area contributed by atoms with Gasteiger partial charge in [0, 0.05) is 18.0 Å². The summed E-state index contributed by atoms with van der Waals surface area (Å²) in [5.41, 5.74) is 7.19. The van der Waals surface area contributed by atoms with Crippen molar-refractivity contribution in [3.8, 4) is 0 Å². The number of rotatable bonds is 5. The van der Waals surface area contributed by atoms with Crippen LogP contribution in [0, 0.1) is 0 Å². The van der Waals surface area contributed by atoms with Gasteiger partial charge in [0.15, 0.2) is 0 Å². The smallest absolute Gasteiger partial charge is 0.251 e. The lowest BCUT2D eigenvalue weighted by atomic mass is 10.0. The molecule has 1 rings (SSSR count). The average Bonchev–Trinajstić information content (AvgIpc) is 2.38. The van der Waals surface area contributed by atoms with E-state index in [1.54, 1.807) is 19.1 Å². The number of amides is 1. The number of nitrogens with two attached hydrogens (primary N) is 1. The molecule has 1 atom stereocenters. The Balaban J connectivity index is 2.63. The molecule has 1 aromatic carbocycles. The molecule has 0 aliphatic heterocycles. The Bertz CT molecular complexity index is 452. The molecule has 1 amide bonds. The van der Waals surface area contributed by atoms with Gasteiger partial charge in [-0.3, -0.25) is 4.79 Å². The third kappa shape index (κ3) is 4.62. The lowest BCUT2D eigenvalue weighted by molar-refractivity contribution is 0.0941. The standard InChI is InChI=1S/C14H21N3O2/c1-9(2)11-4-6-12(7-5-11)14(18)16-10(3)8-13(15)17-19/h4-7,9-10,19H,8H2,1-3H3,(H2,15,17)(H,16,18). The topological polar surface area (TPSA) is 87.7 Å². The Kier molecular flexibility index (Phi) is 5.36. The van der Waals surface area contributed by atoms with Crippen LogP contribution in [0.1, 0.15) is 49.0 Å². The van der Waals surface area contributed by atoms with E-state index < -0.39 is 0 Å². The van der Waals surface area contributed by atoms with E-state index >= 15 is 0 Å². The van der Waals surface area contributed by atoms with E-state index in [1.807, 2.05) is 12.1 Å². The van der Waals surface area contributed by atoms with Crippen molar-refractivity contribution in [3.63, 3.8) is 0 Å². The molecule has 104 valence electrons. The number of carbonyl (C=O) groups is 1. The second-order valence-corrected chi connectivity index (χ2v) is 4.95. The summed E-state index contributed by atoms with van der Waals surface area (Å²) in [6.07, 6.45) is 0.312. The maximum absolute atomic E-state index is 12.0. The van der Waals surface area contributed by atoms with Crippen molar-refractivity contribution in [1.82, 2.24) is 5.32 Å². The summed E-state index contributed by atoms with van der Waals surface area (Å²) in [6, 6.07) is 7.33. The highest BCUT2D eigenvalue weighted by atomic mass is 16.4. The molecule has 5 heteroatoms. The third-order valence-electron chi connectivity index (χ3n) is 2.86. The maximum atomic E-state index is 12.0. The fourth-order valence-electron chi connectivity index (χ4n) is 1.73. The van der Waals surface area contributed by atoms with E-state index in [-0.39, 0.29) is 17.8 Å². The van der Waals surface area contributed by atoms with E-state index in [1.165, 1.54) is 5.56 Å². The van der Waals surface area contributed by atoms with E-state index in [9.17, 15) is 4.79 Å². The molecule has 0 radical (unpaired) electrons. The summed E-state index contributed by atoms with van der Waals surface area (Å²) in [5, 5.41) is 14.1. The Morgan fingerprint density at radius 3 is 2.37 bits per heavy atom. The number of amidine groups is 1. The van der Waals surface area contributed by atoms with Crippen molar-refractivity contribution in [2.45, 2.75) is 39.2 Å². The molecule has 0 aromatic heterocycles. The summed E-state index contributed by atoms with van der Waals surface area (Å²) >= 11 is 0. The molecule has 19 heavy (non-hydrogen) atoms. The summed E-state index contributed by atoms with van der Waals surface area (Å²) < 4.78 is 0. The van der Waals surface area contributed by atoms with Gasteiger partial charge in [0.2, 0.25) is 0 Å². The summed E-state index contributed by atoms with van der Waals surface area (Å²) in [6.45, 7) is 6.01. The molecule has 0 heterocycles. The lowest BCUT2D eigenvalue weighted by Gasteiger charge is -2.13. The van der Waals surface area contributed by atoms with Gasteiger partial charge in [-0.25, -0.2) is 0 Å². The van der Waals surface area contributed by atoms with Crippen LogP contribution in [-0.4, -0.2) is 23.0 Å². The monoisotopic (exact) mass is 263 g/mol. The Hall–Kier alpha value is -2.04. The van der Waals surface area contributed by atoms with Gasteiger partial charge >= 0.3 is 0 Å². The third-order valence-corrected chi connectivity index (χ3v) is 2.86. The van der Waals surface area contributed by atoms with E-state index in [0.29, 0.717) is 17.9 Å².